The molecule has 1 aromatic rings. The summed E-state index contributed by atoms with van der Waals surface area (Å²) in [6, 6.07) is 3.55. The number of hydrogen-bond donors (Lipinski definition) is 1. The minimum absolute atomic E-state index is 0.120. The maximum atomic E-state index is 11.7. The topological polar surface area (TPSA) is 58.1 Å². The number of amides is 1. The lowest BCUT2D eigenvalue weighted by Gasteiger charge is -2.26. The summed E-state index contributed by atoms with van der Waals surface area (Å²) in [6.45, 7) is 3.28. The van der Waals surface area contributed by atoms with Gasteiger partial charge in [-0.3, -0.25) is 4.79 Å². The number of anilines is 1. The van der Waals surface area contributed by atoms with Crippen molar-refractivity contribution in [1.82, 2.24) is 15.1 Å². The van der Waals surface area contributed by atoms with E-state index in [4.69, 9.17) is 0 Å². The van der Waals surface area contributed by atoms with E-state index in [1.54, 1.807) is 20.2 Å². The number of carbonyl (C=O) groups excluding carboxylic acids is 1. The van der Waals surface area contributed by atoms with Gasteiger partial charge in [0.05, 0.1) is 0 Å². The van der Waals surface area contributed by atoms with Gasteiger partial charge in [0, 0.05) is 20.6 Å². The number of hydrogen-bond acceptors (Lipinski definition) is 4. The molecule has 1 aliphatic carbocycles. The zero-order chi connectivity index (χ0) is 15.2. The highest BCUT2D eigenvalue weighted by atomic mass is 16.2. The van der Waals surface area contributed by atoms with Crippen LogP contribution < -0.4 is 5.32 Å². The van der Waals surface area contributed by atoms with E-state index in [1.165, 1.54) is 37.0 Å². The van der Waals surface area contributed by atoms with E-state index >= 15 is 0 Å². The lowest BCUT2D eigenvalue weighted by molar-refractivity contribution is 0.0821. The van der Waals surface area contributed by atoms with Crippen molar-refractivity contribution in [3.05, 3.63) is 17.8 Å². The first-order valence-electron chi connectivity index (χ1n) is 7.85. The molecule has 0 bridgehead atoms. The van der Waals surface area contributed by atoms with E-state index in [0.29, 0.717) is 5.69 Å². The molecule has 1 N–H and O–H groups in total. The van der Waals surface area contributed by atoms with Crippen LogP contribution in [0.3, 0.4) is 0 Å². The van der Waals surface area contributed by atoms with Gasteiger partial charge in [0.25, 0.3) is 5.91 Å². The first kappa shape index (κ1) is 15.7. The summed E-state index contributed by atoms with van der Waals surface area (Å²) in [5.74, 6) is 2.34. The number of aromatic nitrogens is 2. The molecular formula is C16H26N4O. The normalized spacial score (nSPS) is 21.9. The lowest BCUT2D eigenvalue weighted by atomic mass is 9.81. The van der Waals surface area contributed by atoms with Crippen LogP contribution in [0, 0.1) is 11.8 Å². The van der Waals surface area contributed by atoms with E-state index in [2.05, 4.69) is 22.4 Å². The van der Waals surface area contributed by atoms with Crippen LogP contribution in [0.25, 0.3) is 0 Å². The highest BCUT2D eigenvalue weighted by Crippen LogP contribution is 2.30. The minimum atomic E-state index is -0.120. The average Bonchev–Trinajstić information content (AvgIpc) is 2.47. The molecule has 1 heterocycles. The van der Waals surface area contributed by atoms with Gasteiger partial charge in [-0.25, -0.2) is 0 Å². The standard InChI is InChI=1S/C16H26N4O/c1-12-5-4-6-13(11-12)9-10-17-15-8-7-14(18-19-15)16(21)20(2)3/h7-8,12-13H,4-6,9-11H2,1-3H3,(H,17,19). The Bertz CT molecular complexity index is 458. The third kappa shape index (κ3) is 4.69. The maximum Gasteiger partial charge on any atom is 0.273 e. The van der Waals surface area contributed by atoms with Crippen LogP contribution in [0.5, 0.6) is 0 Å². The molecule has 21 heavy (non-hydrogen) atoms. The fourth-order valence-corrected chi connectivity index (χ4v) is 3.00. The molecule has 2 atom stereocenters. The Labute approximate surface area is 127 Å². The van der Waals surface area contributed by atoms with E-state index in [1.807, 2.05) is 6.07 Å². The average molecular weight is 290 g/mol. The first-order chi connectivity index (χ1) is 10.1. The molecule has 5 heteroatoms. The zero-order valence-corrected chi connectivity index (χ0v) is 13.3. The molecule has 0 aliphatic heterocycles. The summed E-state index contributed by atoms with van der Waals surface area (Å²) >= 11 is 0. The smallest absolute Gasteiger partial charge is 0.273 e. The molecule has 5 nitrogen and oxygen atoms in total. The molecule has 0 radical (unpaired) electrons. The summed E-state index contributed by atoms with van der Waals surface area (Å²) in [5, 5.41) is 11.3. The highest BCUT2D eigenvalue weighted by Gasteiger charge is 2.18. The van der Waals surface area contributed by atoms with Crippen LogP contribution in [0.2, 0.25) is 0 Å². The maximum absolute atomic E-state index is 11.7. The SMILES string of the molecule is CC1CCCC(CCNc2ccc(C(=O)N(C)C)nn2)C1. The molecule has 0 aromatic carbocycles. The van der Waals surface area contributed by atoms with Crippen molar-refractivity contribution < 1.29 is 4.79 Å². The number of nitrogens with one attached hydrogen (secondary N) is 1. The monoisotopic (exact) mass is 290 g/mol. The molecule has 0 saturated heterocycles. The molecule has 1 aliphatic rings. The fourth-order valence-electron chi connectivity index (χ4n) is 3.00. The first-order valence-corrected chi connectivity index (χ1v) is 7.85. The number of rotatable bonds is 5. The lowest BCUT2D eigenvalue weighted by Crippen LogP contribution is -2.23. The van der Waals surface area contributed by atoms with Gasteiger partial charge in [-0.05, 0) is 36.8 Å². The van der Waals surface area contributed by atoms with Crippen LogP contribution in [0.1, 0.15) is 49.5 Å². The Kier molecular flexibility index (Phi) is 5.53. The van der Waals surface area contributed by atoms with Crippen molar-refractivity contribution in [2.45, 2.75) is 39.0 Å². The van der Waals surface area contributed by atoms with Crippen LogP contribution in [-0.2, 0) is 0 Å². The van der Waals surface area contributed by atoms with Crippen LogP contribution in [0.15, 0.2) is 12.1 Å². The third-order valence-corrected chi connectivity index (χ3v) is 4.19. The van der Waals surface area contributed by atoms with Crippen molar-refractivity contribution in [3.8, 4) is 0 Å². The van der Waals surface area contributed by atoms with Gasteiger partial charge in [-0.1, -0.05) is 26.2 Å². The Hall–Kier alpha value is -1.65. The molecule has 2 rings (SSSR count). The number of nitrogens with zero attached hydrogens (tertiary/aromatic N) is 3. The summed E-state index contributed by atoms with van der Waals surface area (Å²) < 4.78 is 0. The van der Waals surface area contributed by atoms with Gasteiger partial charge in [0.2, 0.25) is 0 Å². The molecule has 2 unspecified atom stereocenters. The molecule has 116 valence electrons. The Morgan fingerprint density at radius 3 is 2.76 bits per heavy atom. The molecule has 1 aromatic heterocycles. The van der Waals surface area contributed by atoms with Crippen LogP contribution >= 0.6 is 0 Å². The second kappa shape index (κ2) is 7.38. The molecular weight excluding hydrogens is 264 g/mol. The predicted octanol–water partition coefficient (Wildman–Crippen LogP) is 2.81. The van der Waals surface area contributed by atoms with Gasteiger partial charge in [0.1, 0.15) is 5.82 Å². The summed E-state index contributed by atoms with van der Waals surface area (Å²) in [5.41, 5.74) is 0.381. The van der Waals surface area contributed by atoms with E-state index < -0.39 is 0 Å². The van der Waals surface area contributed by atoms with Crippen LogP contribution in [-0.4, -0.2) is 41.6 Å². The van der Waals surface area contributed by atoms with Crippen molar-refractivity contribution in [2.24, 2.45) is 11.8 Å². The Morgan fingerprint density at radius 1 is 1.33 bits per heavy atom. The molecule has 1 amide bonds. The molecule has 1 fully saturated rings. The van der Waals surface area contributed by atoms with Gasteiger partial charge < -0.3 is 10.2 Å². The largest absolute Gasteiger partial charge is 0.369 e. The summed E-state index contributed by atoms with van der Waals surface area (Å²) in [6.07, 6.45) is 6.64. The van der Waals surface area contributed by atoms with Crippen molar-refractivity contribution in [1.29, 1.82) is 0 Å². The van der Waals surface area contributed by atoms with E-state index in [9.17, 15) is 4.79 Å². The second-order valence-corrected chi connectivity index (χ2v) is 6.36. The van der Waals surface area contributed by atoms with Crippen molar-refractivity contribution in [3.63, 3.8) is 0 Å². The Morgan fingerprint density at radius 2 is 2.14 bits per heavy atom. The van der Waals surface area contributed by atoms with E-state index in [0.717, 1.165) is 24.2 Å². The van der Waals surface area contributed by atoms with E-state index in [-0.39, 0.29) is 5.91 Å². The quantitative estimate of drug-likeness (QED) is 0.906. The fraction of sp³-hybridized carbons (Fsp3) is 0.688. The van der Waals surface area contributed by atoms with Gasteiger partial charge in [0.15, 0.2) is 5.69 Å². The Balaban J connectivity index is 1.77. The minimum Gasteiger partial charge on any atom is -0.369 e. The highest BCUT2D eigenvalue weighted by molar-refractivity contribution is 5.91. The number of carbonyl (C=O) groups is 1. The van der Waals surface area contributed by atoms with Gasteiger partial charge >= 0.3 is 0 Å². The zero-order valence-electron chi connectivity index (χ0n) is 13.3. The van der Waals surface area contributed by atoms with Gasteiger partial charge in [-0.2, -0.15) is 0 Å². The van der Waals surface area contributed by atoms with Crippen molar-refractivity contribution in [2.75, 3.05) is 26.0 Å². The van der Waals surface area contributed by atoms with Gasteiger partial charge in [-0.15, -0.1) is 10.2 Å². The third-order valence-electron chi connectivity index (χ3n) is 4.19. The molecule has 1 saturated carbocycles. The van der Waals surface area contributed by atoms with Crippen molar-refractivity contribution >= 4 is 11.7 Å². The molecule has 0 spiro atoms. The predicted molar refractivity (Wildman–Crippen MR) is 84.3 cm³/mol. The second-order valence-electron chi connectivity index (χ2n) is 6.36. The summed E-state index contributed by atoms with van der Waals surface area (Å²) in [7, 11) is 3.42. The summed E-state index contributed by atoms with van der Waals surface area (Å²) in [4.78, 5) is 13.2. The van der Waals surface area contributed by atoms with Crippen LogP contribution in [0.4, 0.5) is 5.82 Å².